The Hall–Kier alpha value is -1.81. The number of ether oxygens (including phenoxy) is 5. The van der Waals surface area contributed by atoms with Gasteiger partial charge in [0.15, 0.2) is 5.43 Å². The fraction of sp³-hybridized carbons (Fsp3) is 0.591. The first kappa shape index (κ1) is 22.9. The lowest BCUT2D eigenvalue weighted by Gasteiger charge is -2.22. The highest BCUT2D eigenvalue weighted by molar-refractivity contribution is 5.78. The molecule has 1 aromatic heterocycles. The van der Waals surface area contributed by atoms with Gasteiger partial charge in [-0.05, 0) is 12.1 Å². The second kappa shape index (κ2) is 13.5. The first-order chi connectivity index (χ1) is 14.8. The van der Waals surface area contributed by atoms with E-state index in [0.717, 1.165) is 11.1 Å². The largest absolute Gasteiger partial charge is 0.378 e. The van der Waals surface area contributed by atoms with Gasteiger partial charge in [0.05, 0.1) is 66.1 Å². The van der Waals surface area contributed by atoms with Gasteiger partial charge >= 0.3 is 0 Å². The summed E-state index contributed by atoms with van der Waals surface area (Å²) in [6, 6.07) is 7.57. The third-order valence-corrected chi connectivity index (χ3v) is 4.85. The monoisotopic (exact) mass is 420 g/mol. The quantitative estimate of drug-likeness (QED) is 0.787. The molecule has 0 amide bonds. The molecular formula is C22H32N2O6. The number of aromatic amines is 1. The van der Waals surface area contributed by atoms with Gasteiger partial charge in [-0.15, -0.1) is 0 Å². The summed E-state index contributed by atoms with van der Waals surface area (Å²) in [6.45, 7) is 7.40. The zero-order chi connectivity index (χ0) is 20.9. The number of hydrogen-bond acceptors (Lipinski definition) is 7. The van der Waals surface area contributed by atoms with Crippen molar-refractivity contribution in [2.45, 2.75) is 6.54 Å². The Morgan fingerprint density at radius 3 is 1.80 bits per heavy atom. The number of fused-ring (bicyclic) bond motifs is 1. The Balaban J connectivity index is 1.56. The molecule has 2 heterocycles. The number of para-hydroxylation sites is 1. The molecule has 1 saturated heterocycles. The molecule has 0 atom stereocenters. The van der Waals surface area contributed by atoms with E-state index in [4.69, 9.17) is 23.7 Å². The number of hydrogen-bond donors (Lipinski definition) is 1. The van der Waals surface area contributed by atoms with E-state index in [2.05, 4.69) is 9.88 Å². The van der Waals surface area contributed by atoms with Gasteiger partial charge in [0, 0.05) is 42.3 Å². The van der Waals surface area contributed by atoms with Crippen LogP contribution in [0, 0.1) is 0 Å². The van der Waals surface area contributed by atoms with Crippen LogP contribution in [0.2, 0.25) is 0 Å². The van der Waals surface area contributed by atoms with Gasteiger partial charge in [-0.1, -0.05) is 12.1 Å². The smallest absolute Gasteiger partial charge is 0.193 e. The molecule has 2 aromatic rings. The second-order valence-corrected chi connectivity index (χ2v) is 7.03. The number of nitrogens with one attached hydrogen (secondary N) is 1. The SMILES string of the molecule is O=c1c(CN2CCOCCOCCOCCOCCOCC2)c[nH]c2ccccc12. The van der Waals surface area contributed by atoms with Gasteiger partial charge < -0.3 is 28.7 Å². The van der Waals surface area contributed by atoms with Gasteiger partial charge in [0.2, 0.25) is 0 Å². The molecule has 0 unspecified atom stereocenters. The van der Waals surface area contributed by atoms with Crippen LogP contribution >= 0.6 is 0 Å². The molecule has 1 aliphatic rings. The van der Waals surface area contributed by atoms with Crippen LogP contribution < -0.4 is 5.43 Å². The highest BCUT2D eigenvalue weighted by Gasteiger charge is 2.11. The number of aromatic nitrogens is 1. The minimum absolute atomic E-state index is 0.0645. The standard InChI is InChI=1S/C22H32N2O6/c25-22-19(17-23-21-4-2-1-3-20(21)22)18-24-5-7-26-9-11-28-13-15-30-16-14-29-12-10-27-8-6-24/h1-4,17H,5-16,18H2,(H,23,25). The van der Waals surface area contributed by atoms with Crippen molar-refractivity contribution in [3.8, 4) is 0 Å². The molecule has 1 fully saturated rings. The predicted molar refractivity (Wildman–Crippen MR) is 114 cm³/mol. The van der Waals surface area contributed by atoms with Crippen LogP contribution in [0.5, 0.6) is 0 Å². The lowest BCUT2D eigenvalue weighted by atomic mass is 10.1. The molecule has 0 radical (unpaired) electrons. The van der Waals surface area contributed by atoms with Crippen molar-refractivity contribution < 1.29 is 23.7 Å². The molecule has 1 aromatic carbocycles. The molecule has 0 saturated carbocycles. The van der Waals surface area contributed by atoms with Crippen molar-refractivity contribution in [2.24, 2.45) is 0 Å². The summed E-state index contributed by atoms with van der Waals surface area (Å²) in [4.78, 5) is 18.2. The molecule has 0 spiro atoms. The summed E-state index contributed by atoms with van der Waals surface area (Å²) in [5.41, 5.74) is 1.65. The van der Waals surface area contributed by atoms with Gasteiger partial charge in [0.1, 0.15) is 0 Å². The Labute approximate surface area is 177 Å². The maximum absolute atomic E-state index is 12.8. The van der Waals surface area contributed by atoms with E-state index in [-0.39, 0.29) is 5.43 Å². The third-order valence-electron chi connectivity index (χ3n) is 4.85. The maximum atomic E-state index is 12.8. The fourth-order valence-corrected chi connectivity index (χ4v) is 3.21. The molecule has 30 heavy (non-hydrogen) atoms. The molecule has 166 valence electrons. The summed E-state index contributed by atoms with van der Waals surface area (Å²) in [5.74, 6) is 0. The van der Waals surface area contributed by atoms with Crippen molar-refractivity contribution in [1.82, 2.24) is 9.88 Å². The highest BCUT2D eigenvalue weighted by Crippen LogP contribution is 2.08. The number of benzene rings is 1. The summed E-state index contributed by atoms with van der Waals surface area (Å²) in [7, 11) is 0. The zero-order valence-electron chi connectivity index (χ0n) is 17.5. The number of pyridine rings is 1. The van der Waals surface area contributed by atoms with E-state index in [1.54, 1.807) is 0 Å². The number of H-pyrrole nitrogens is 1. The van der Waals surface area contributed by atoms with E-state index >= 15 is 0 Å². The fourth-order valence-electron chi connectivity index (χ4n) is 3.21. The summed E-state index contributed by atoms with van der Waals surface area (Å²) >= 11 is 0. The van der Waals surface area contributed by atoms with E-state index in [0.29, 0.717) is 91.1 Å². The predicted octanol–water partition coefficient (Wildman–Crippen LogP) is 1.43. The van der Waals surface area contributed by atoms with E-state index in [1.807, 2.05) is 30.5 Å². The third kappa shape index (κ3) is 7.79. The number of rotatable bonds is 2. The molecule has 1 aliphatic heterocycles. The van der Waals surface area contributed by atoms with Crippen LogP contribution in [0.25, 0.3) is 10.9 Å². The highest BCUT2D eigenvalue weighted by atomic mass is 16.6. The van der Waals surface area contributed by atoms with Crippen LogP contribution in [0.1, 0.15) is 5.56 Å². The lowest BCUT2D eigenvalue weighted by Crippen LogP contribution is -2.33. The normalized spacial score (nSPS) is 19.9. The van der Waals surface area contributed by atoms with E-state index in [1.165, 1.54) is 0 Å². The molecule has 0 bridgehead atoms. The van der Waals surface area contributed by atoms with Crippen molar-refractivity contribution in [1.29, 1.82) is 0 Å². The van der Waals surface area contributed by atoms with Gasteiger partial charge in [-0.3, -0.25) is 9.69 Å². The Bertz CT molecular complexity index is 779. The van der Waals surface area contributed by atoms with E-state index in [9.17, 15) is 4.79 Å². The van der Waals surface area contributed by atoms with Gasteiger partial charge in [-0.25, -0.2) is 0 Å². The van der Waals surface area contributed by atoms with Crippen molar-refractivity contribution >= 4 is 10.9 Å². The molecular weight excluding hydrogens is 388 g/mol. The first-order valence-corrected chi connectivity index (χ1v) is 10.5. The summed E-state index contributed by atoms with van der Waals surface area (Å²) < 4.78 is 27.8. The van der Waals surface area contributed by atoms with Crippen LogP contribution in [0.3, 0.4) is 0 Å². The van der Waals surface area contributed by atoms with Crippen LogP contribution in [0.4, 0.5) is 0 Å². The summed E-state index contributed by atoms with van der Waals surface area (Å²) in [5, 5.41) is 0.710. The van der Waals surface area contributed by atoms with Crippen molar-refractivity contribution in [3.05, 3.63) is 46.2 Å². The molecule has 8 nitrogen and oxygen atoms in total. The zero-order valence-corrected chi connectivity index (χ0v) is 17.5. The van der Waals surface area contributed by atoms with Gasteiger partial charge in [0.25, 0.3) is 0 Å². The Kier molecular flexibility index (Phi) is 10.3. The van der Waals surface area contributed by atoms with Crippen LogP contribution in [-0.2, 0) is 30.2 Å². The minimum atomic E-state index is 0.0645. The van der Waals surface area contributed by atoms with Crippen LogP contribution in [0.15, 0.2) is 35.3 Å². The lowest BCUT2D eigenvalue weighted by molar-refractivity contribution is -0.0190. The van der Waals surface area contributed by atoms with Gasteiger partial charge in [-0.2, -0.15) is 0 Å². The minimum Gasteiger partial charge on any atom is -0.378 e. The average Bonchev–Trinajstić information content (AvgIpc) is 2.77. The molecule has 1 N–H and O–H groups in total. The molecule has 3 rings (SSSR count). The van der Waals surface area contributed by atoms with Crippen molar-refractivity contribution in [2.75, 3.05) is 79.2 Å². The second-order valence-electron chi connectivity index (χ2n) is 7.03. The summed E-state index contributed by atoms with van der Waals surface area (Å²) in [6.07, 6.45) is 1.81. The number of nitrogens with zero attached hydrogens (tertiary/aromatic N) is 1. The first-order valence-electron chi connectivity index (χ1n) is 10.5. The Morgan fingerprint density at radius 2 is 1.23 bits per heavy atom. The topological polar surface area (TPSA) is 82.2 Å². The van der Waals surface area contributed by atoms with E-state index < -0.39 is 0 Å². The van der Waals surface area contributed by atoms with Crippen LogP contribution in [-0.4, -0.2) is 89.0 Å². The maximum Gasteiger partial charge on any atom is 0.193 e. The molecule has 0 aliphatic carbocycles. The average molecular weight is 421 g/mol. The Morgan fingerprint density at radius 1 is 0.733 bits per heavy atom. The molecule has 8 heteroatoms. The van der Waals surface area contributed by atoms with Crippen molar-refractivity contribution in [3.63, 3.8) is 0 Å².